The summed E-state index contributed by atoms with van der Waals surface area (Å²) < 4.78 is 12.7. The second-order valence-corrected chi connectivity index (χ2v) is 9.91. The molecule has 0 N–H and O–H groups in total. The molecule has 1 spiro atoms. The highest BCUT2D eigenvalue weighted by Crippen LogP contribution is 2.55. The second kappa shape index (κ2) is 6.21. The molecule has 29 heavy (non-hydrogen) atoms. The summed E-state index contributed by atoms with van der Waals surface area (Å²) in [6.45, 7) is 8.40. The number of hydrogen-bond donors (Lipinski definition) is 0. The molecule has 3 aliphatic rings. The first-order chi connectivity index (χ1) is 13.8. The van der Waals surface area contributed by atoms with Crippen molar-refractivity contribution in [1.82, 2.24) is 0 Å². The van der Waals surface area contributed by atoms with Gasteiger partial charge in [0, 0.05) is 5.41 Å². The van der Waals surface area contributed by atoms with Crippen LogP contribution in [0.2, 0.25) is 0 Å². The predicted molar refractivity (Wildman–Crippen MR) is 116 cm³/mol. The van der Waals surface area contributed by atoms with Crippen molar-refractivity contribution in [3.63, 3.8) is 0 Å². The number of rotatable bonds is 1. The third-order valence-corrected chi connectivity index (χ3v) is 7.75. The minimum Gasteiger partial charge on any atom is -0.399 e. The van der Waals surface area contributed by atoms with E-state index in [-0.39, 0.29) is 23.7 Å². The van der Waals surface area contributed by atoms with Crippen molar-refractivity contribution in [2.24, 2.45) is 0 Å². The number of fused-ring (bicyclic) bond motifs is 5. The zero-order valence-corrected chi connectivity index (χ0v) is 17.8. The summed E-state index contributed by atoms with van der Waals surface area (Å²) in [6, 6.07) is 15.3. The van der Waals surface area contributed by atoms with Gasteiger partial charge in [-0.1, -0.05) is 43.5 Å². The zero-order valence-electron chi connectivity index (χ0n) is 17.8. The monoisotopic (exact) mass is 385 g/mol. The molecule has 1 heterocycles. The van der Waals surface area contributed by atoms with E-state index in [1.165, 1.54) is 54.4 Å². The molecular formula is C25H28BNO2. The molecule has 5 rings (SSSR count). The number of nitriles is 1. The molecule has 2 aromatic carbocycles. The predicted octanol–water partition coefficient (Wildman–Crippen LogP) is 5.09. The molecule has 0 amide bonds. The first-order valence-corrected chi connectivity index (χ1v) is 10.8. The van der Waals surface area contributed by atoms with Crippen LogP contribution in [-0.4, -0.2) is 18.3 Å². The van der Waals surface area contributed by atoms with E-state index in [4.69, 9.17) is 9.31 Å². The van der Waals surface area contributed by atoms with Crippen molar-refractivity contribution in [2.45, 2.75) is 76.4 Å². The molecular weight excluding hydrogens is 357 g/mol. The van der Waals surface area contributed by atoms with E-state index in [0.29, 0.717) is 0 Å². The Morgan fingerprint density at radius 2 is 1.52 bits per heavy atom. The molecule has 0 radical (unpaired) electrons. The van der Waals surface area contributed by atoms with Crippen LogP contribution in [0.3, 0.4) is 0 Å². The van der Waals surface area contributed by atoms with Gasteiger partial charge in [-0.25, -0.2) is 0 Å². The maximum atomic E-state index is 9.42. The molecule has 148 valence electrons. The van der Waals surface area contributed by atoms with E-state index in [1.54, 1.807) is 0 Å². The Morgan fingerprint density at radius 3 is 2.17 bits per heavy atom. The van der Waals surface area contributed by atoms with Gasteiger partial charge >= 0.3 is 7.12 Å². The minimum atomic E-state index is -0.343. The molecule has 1 saturated carbocycles. The van der Waals surface area contributed by atoms with Crippen molar-refractivity contribution in [2.75, 3.05) is 0 Å². The van der Waals surface area contributed by atoms with E-state index in [1.807, 2.05) is 6.07 Å². The van der Waals surface area contributed by atoms with Crippen LogP contribution >= 0.6 is 0 Å². The van der Waals surface area contributed by atoms with E-state index in [9.17, 15) is 5.26 Å². The van der Waals surface area contributed by atoms with Gasteiger partial charge in [0.15, 0.2) is 0 Å². The van der Waals surface area contributed by atoms with E-state index < -0.39 is 0 Å². The zero-order chi connectivity index (χ0) is 20.4. The first-order valence-electron chi connectivity index (χ1n) is 10.8. The summed E-state index contributed by atoms with van der Waals surface area (Å²) in [5.74, 6) is 0. The lowest BCUT2D eigenvalue weighted by atomic mass is 9.66. The molecule has 0 bridgehead atoms. The third-order valence-electron chi connectivity index (χ3n) is 7.75. The summed E-state index contributed by atoms with van der Waals surface area (Å²) in [4.78, 5) is 0. The Hall–Kier alpha value is -2.09. The smallest absolute Gasteiger partial charge is 0.399 e. The highest BCUT2D eigenvalue weighted by Gasteiger charge is 2.52. The highest BCUT2D eigenvalue weighted by molar-refractivity contribution is 6.62. The lowest BCUT2D eigenvalue weighted by molar-refractivity contribution is 0.00578. The van der Waals surface area contributed by atoms with Crippen LogP contribution < -0.4 is 5.46 Å². The quantitative estimate of drug-likeness (QED) is 0.643. The summed E-state index contributed by atoms with van der Waals surface area (Å²) in [6.07, 6.45) is 6.15. The fourth-order valence-corrected chi connectivity index (χ4v) is 5.41. The van der Waals surface area contributed by atoms with Gasteiger partial charge in [-0.05, 0) is 80.4 Å². The Balaban J connectivity index is 1.64. The lowest BCUT2D eigenvalue weighted by Gasteiger charge is -2.36. The van der Waals surface area contributed by atoms with Gasteiger partial charge in [-0.15, -0.1) is 0 Å². The second-order valence-electron chi connectivity index (χ2n) is 9.91. The van der Waals surface area contributed by atoms with Gasteiger partial charge in [0.05, 0.1) is 22.8 Å². The Morgan fingerprint density at radius 1 is 0.828 bits per heavy atom. The minimum absolute atomic E-state index is 0.0660. The average molecular weight is 385 g/mol. The normalized spacial score (nSPS) is 22.9. The van der Waals surface area contributed by atoms with Crippen molar-refractivity contribution in [3.8, 4) is 17.2 Å². The van der Waals surface area contributed by atoms with Crippen molar-refractivity contribution >= 4 is 12.6 Å². The molecule has 2 aromatic rings. The molecule has 4 heteroatoms. The molecule has 1 aliphatic heterocycles. The van der Waals surface area contributed by atoms with Crippen LogP contribution in [0, 0.1) is 11.3 Å². The summed E-state index contributed by atoms with van der Waals surface area (Å²) in [5, 5.41) is 9.42. The number of nitrogens with zero attached hydrogens (tertiary/aromatic N) is 1. The Labute approximate surface area is 174 Å². The first kappa shape index (κ1) is 18.9. The number of hydrogen-bond acceptors (Lipinski definition) is 3. The van der Waals surface area contributed by atoms with E-state index in [2.05, 4.69) is 64.1 Å². The van der Waals surface area contributed by atoms with Crippen molar-refractivity contribution in [3.05, 3.63) is 53.1 Å². The van der Waals surface area contributed by atoms with Gasteiger partial charge < -0.3 is 9.31 Å². The Kier molecular flexibility index (Phi) is 4.05. The maximum Gasteiger partial charge on any atom is 0.494 e. The molecule has 2 aliphatic carbocycles. The van der Waals surface area contributed by atoms with Crippen LogP contribution in [0.4, 0.5) is 0 Å². The number of benzene rings is 2. The topological polar surface area (TPSA) is 42.2 Å². The standard InChI is InChI=1S/C25H28BNO2/c1-23(2)24(3,4)29-26(28-23)18-9-10-19-20-14-17(16-27)8-11-21(20)25(22(19)15-18)12-6-5-7-13-25/h8-11,14-15H,5-7,12-13H2,1-4H3. The lowest BCUT2D eigenvalue weighted by Crippen LogP contribution is -2.41. The fraction of sp³-hybridized carbons (Fsp3) is 0.480. The molecule has 3 nitrogen and oxygen atoms in total. The third kappa shape index (κ3) is 2.64. The van der Waals surface area contributed by atoms with E-state index in [0.717, 1.165) is 11.0 Å². The largest absolute Gasteiger partial charge is 0.494 e. The maximum absolute atomic E-state index is 9.42. The van der Waals surface area contributed by atoms with Crippen LogP contribution in [0.1, 0.15) is 76.5 Å². The molecule has 0 unspecified atom stereocenters. The van der Waals surface area contributed by atoms with Gasteiger partial charge in [0.2, 0.25) is 0 Å². The van der Waals surface area contributed by atoms with Crippen molar-refractivity contribution in [1.29, 1.82) is 5.26 Å². The van der Waals surface area contributed by atoms with Crippen LogP contribution in [0.5, 0.6) is 0 Å². The molecule has 1 saturated heterocycles. The van der Waals surface area contributed by atoms with Gasteiger partial charge in [0.1, 0.15) is 0 Å². The summed E-state index contributed by atoms with van der Waals surface area (Å²) >= 11 is 0. The van der Waals surface area contributed by atoms with Crippen molar-refractivity contribution < 1.29 is 9.31 Å². The van der Waals surface area contributed by atoms with Gasteiger partial charge in [0.25, 0.3) is 0 Å². The molecule has 2 fully saturated rings. The summed E-state index contributed by atoms with van der Waals surface area (Å²) in [7, 11) is -0.343. The van der Waals surface area contributed by atoms with Crippen LogP contribution in [-0.2, 0) is 14.7 Å². The molecule has 0 atom stereocenters. The average Bonchev–Trinajstić information content (AvgIpc) is 3.09. The summed E-state index contributed by atoms with van der Waals surface area (Å²) in [5.41, 5.74) is 6.52. The van der Waals surface area contributed by atoms with Gasteiger partial charge in [-0.3, -0.25) is 0 Å². The Bertz CT molecular complexity index is 1010. The van der Waals surface area contributed by atoms with Gasteiger partial charge in [-0.2, -0.15) is 5.26 Å². The van der Waals surface area contributed by atoms with Crippen LogP contribution in [0.15, 0.2) is 36.4 Å². The molecule has 0 aromatic heterocycles. The van der Waals surface area contributed by atoms with Crippen LogP contribution in [0.25, 0.3) is 11.1 Å². The van der Waals surface area contributed by atoms with E-state index >= 15 is 0 Å². The highest BCUT2D eigenvalue weighted by atomic mass is 16.7. The fourth-order valence-electron chi connectivity index (χ4n) is 5.41. The SMILES string of the molecule is CC1(C)OB(c2ccc3c(c2)C2(CCCCC2)c2ccc(C#N)cc2-3)OC1(C)C.